The molecule has 0 saturated carbocycles. The van der Waals surface area contributed by atoms with Gasteiger partial charge in [0.05, 0.1) is 16.8 Å². The fraction of sp³-hybridized carbons (Fsp3) is 0.208. The van der Waals surface area contributed by atoms with Crippen molar-refractivity contribution in [1.29, 1.82) is 0 Å². The van der Waals surface area contributed by atoms with Crippen LogP contribution < -0.4 is 4.90 Å². The van der Waals surface area contributed by atoms with E-state index in [0.29, 0.717) is 37.7 Å². The number of fused-ring (bicyclic) bond motifs is 1. The summed E-state index contributed by atoms with van der Waals surface area (Å²) in [6, 6.07) is 13.6. The standard InChI is InChI=1S/C24H22N6O/c1-17-3-4-21-19(15-17)20(16-22(28-21)18-5-9-25-10-6-18)23(31)29-11-13-30(14-12-29)24-26-7-2-8-27-24/h2-10,15-16H,11-14H2,1H3. The first-order chi connectivity index (χ1) is 15.2. The molecule has 0 spiro atoms. The number of piperazine rings is 1. The summed E-state index contributed by atoms with van der Waals surface area (Å²) in [5, 5.41) is 0.886. The normalized spacial score (nSPS) is 14.1. The zero-order valence-corrected chi connectivity index (χ0v) is 17.3. The smallest absolute Gasteiger partial charge is 0.254 e. The first-order valence-electron chi connectivity index (χ1n) is 10.3. The van der Waals surface area contributed by atoms with Gasteiger partial charge in [0.25, 0.3) is 5.91 Å². The maximum atomic E-state index is 13.6. The number of benzene rings is 1. The van der Waals surface area contributed by atoms with Gasteiger partial charge in [-0.1, -0.05) is 11.6 Å². The summed E-state index contributed by atoms with van der Waals surface area (Å²) in [6.07, 6.45) is 6.96. The van der Waals surface area contributed by atoms with Crippen LogP contribution in [0.5, 0.6) is 0 Å². The lowest BCUT2D eigenvalue weighted by atomic mass is 10.0. The van der Waals surface area contributed by atoms with Gasteiger partial charge in [0.2, 0.25) is 5.95 Å². The molecule has 1 amide bonds. The van der Waals surface area contributed by atoms with E-state index < -0.39 is 0 Å². The van der Waals surface area contributed by atoms with Crippen LogP contribution in [0.15, 0.2) is 67.3 Å². The largest absolute Gasteiger partial charge is 0.337 e. The number of amides is 1. The van der Waals surface area contributed by atoms with Crippen molar-refractivity contribution in [2.75, 3.05) is 31.1 Å². The van der Waals surface area contributed by atoms with Gasteiger partial charge < -0.3 is 9.80 Å². The predicted octanol–water partition coefficient (Wildman–Crippen LogP) is 3.36. The minimum atomic E-state index is 0.0296. The number of hydrogen-bond acceptors (Lipinski definition) is 6. The average molecular weight is 410 g/mol. The molecule has 0 N–H and O–H groups in total. The number of anilines is 1. The summed E-state index contributed by atoms with van der Waals surface area (Å²) >= 11 is 0. The summed E-state index contributed by atoms with van der Waals surface area (Å²) in [4.78, 5) is 35.2. The Morgan fingerprint density at radius 1 is 0.903 bits per heavy atom. The number of carbonyl (C=O) groups is 1. The Hall–Kier alpha value is -3.87. The van der Waals surface area contributed by atoms with Crippen molar-refractivity contribution >= 4 is 22.8 Å². The number of pyridine rings is 2. The highest BCUT2D eigenvalue weighted by Crippen LogP contribution is 2.27. The van der Waals surface area contributed by atoms with Crippen LogP contribution in [-0.2, 0) is 0 Å². The van der Waals surface area contributed by atoms with E-state index in [0.717, 1.165) is 27.7 Å². The fourth-order valence-corrected chi connectivity index (χ4v) is 3.92. The number of carbonyl (C=O) groups excluding carboxylic acids is 1. The van der Waals surface area contributed by atoms with E-state index in [9.17, 15) is 4.79 Å². The van der Waals surface area contributed by atoms with E-state index in [-0.39, 0.29) is 5.91 Å². The summed E-state index contributed by atoms with van der Waals surface area (Å²) < 4.78 is 0. The maximum Gasteiger partial charge on any atom is 0.254 e. The summed E-state index contributed by atoms with van der Waals surface area (Å²) in [6.45, 7) is 4.68. The lowest BCUT2D eigenvalue weighted by Gasteiger charge is -2.35. The zero-order chi connectivity index (χ0) is 21.2. The van der Waals surface area contributed by atoms with E-state index in [1.54, 1.807) is 30.9 Å². The zero-order valence-electron chi connectivity index (χ0n) is 17.3. The molecule has 31 heavy (non-hydrogen) atoms. The van der Waals surface area contributed by atoms with E-state index in [2.05, 4.69) is 19.9 Å². The number of aromatic nitrogens is 4. The van der Waals surface area contributed by atoms with Crippen LogP contribution in [0.25, 0.3) is 22.2 Å². The highest BCUT2D eigenvalue weighted by Gasteiger charge is 2.25. The molecule has 4 aromatic rings. The predicted molar refractivity (Wildman–Crippen MR) is 120 cm³/mol. The monoisotopic (exact) mass is 410 g/mol. The second-order valence-corrected chi connectivity index (χ2v) is 7.64. The van der Waals surface area contributed by atoms with Crippen LogP contribution in [-0.4, -0.2) is 56.9 Å². The number of rotatable bonds is 3. The molecule has 1 aromatic carbocycles. The Morgan fingerprint density at radius 2 is 1.65 bits per heavy atom. The second-order valence-electron chi connectivity index (χ2n) is 7.64. The molecular weight excluding hydrogens is 388 g/mol. The van der Waals surface area contributed by atoms with E-state index in [1.807, 2.05) is 48.2 Å². The van der Waals surface area contributed by atoms with Crippen molar-refractivity contribution in [1.82, 2.24) is 24.8 Å². The third-order valence-corrected chi connectivity index (χ3v) is 5.57. The van der Waals surface area contributed by atoms with Gasteiger partial charge >= 0.3 is 0 Å². The van der Waals surface area contributed by atoms with Crippen LogP contribution in [0.4, 0.5) is 5.95 Å². The first kappa shape index (κ1) is 19.1. The lowest BCUT2D eigenvalue weighted by molar-refractivity contribution is 0.0748. The average Bonchev–Trinajstić information content (AvgIpc) is 2.84. The number of aryl methyl sites for hydroxylation is 1. The van der Waals surface area contributed by atoms with Crippen LogP contribution in [0.2, 0.25) is 0 Å². The molecule has 5 rings (SSSR count). The highest BCUT2D eigenvalue weighted by molar-refractivity contribution is 6.07. The molecule has 1 aliphatic heterocycles. The molecule has 0 radical (unpaired) electrons. The minimum absolute atomic E-state index is 0.0296. The quantitative estimate of drug-likeness (QED) is 0.516. The van der Waals surface area contributed by atoms with Crippen molar-refractivity contribution < 1.29 is 4.79 Å². The topological polar surface area (TPSA) is 75.1 Å². The molecule has 0 atom stereocenters. The fourth-order valence-electron chi connectivity index (χ4n) is 3.92. The molecule has 1 saturated heterocycles. The molecule has 3 aromatic heterocycles. The summed E-state index contributed by atoms with van der Waals surface area (Å²) in [7, 11) is 0. The van der Waals surface area contributed by atoms with Gasteiger partial charge in [0, 0.05) is 61.9 Å². The number of nitrogens with zero attached hydrogens (tertiary/aromatic N) is 6. The van der Waals surface area contributed by atoms with Crippen molar-refractivity contribution in [3.63, 3.8) is 0 Å². The van der Waals surface area contributed by atoms with Gasteiger partial charge in [-0.25, -0.2) is 15.0 Å². The first-order valence-corrected chi connectivity index (χ1v) is 10.3. The maximum absolute atomic E-state index is 13.6. The van der Waals surface area contributed by atoms with Gasteiger partial charge in [0.15, 0.2) is 0 Å². The van der Waals surface area contributed by atoms with Gasteiger partial charge in [-0.2, -0.15) is 0 Å². The van der Waals surface area contributed by atoms with Gasteiger partial charge in [-0.3, -0.25) is 9.78 Å². The SMILES string of the molecule is Cc1ccc2nc(-c3ccncc3)cc(C(=O)N3CCN(c4ncccn4)CC3)c2c1. The van der Waals surface area contributed by atoms with E-state index in [1.165, 1.54) is 0 Å². The Kier molecular flexibility index (Phi) is 5.00. The van der Waals surface area contributed by atoms with Crippen molar-refractivity contribution in [3.05, 3.63) is 78.4 Å². The second kappa shape index (κ2) is 8.10. The Bertz CT molecular complexity index is 1220. The lowest BCUT2D eigenvalue weighted by Crippen LogP contribution is -2.49. The Morgan fingerprint density at radius 3 is 2.39 bits per heavy atom. The molecule has 0 bridgehead atoms. The van der Waals surface area contributed by atoms with Crippen LogP contribution >= 0.6 is 0 Å². The Balaban J connectivity index is 1.47. The summed E-state index contributed by atoms with van der Waals surface area (Å²) in [5.74, 6) is 0.737. The van der Waals surface area contributed by atoms with Crippen molar-refractivity contribution in [2.24, 2.45) is 0 Å². The molecule has 0 aliphatic carbocycles. The van der Waals surface area contributed by atoms with Crippen molar-refractivity contribution in [2.45, 2.75) is 6.92 Å². The van der Waals surface area contributed by atoms with E-state index >= 15 is 0 Å². The van der Waals surface area contributed by atoms with Crippen LogP contribution in [0.3, 0.4) is 0 Å². The molecular formula is C24H22N6O. The Labute approximate surface area is 180 Å². The molecule has 1 aliphatic rings. The number of hydrogen-bond donors (Lipinski definition) is 0. The van der Waals surface area contributed by atoms with Gasteiger partial charge in [-0.15, -0.1) is 0 Å². The molecule has 154 valence electrons. The van der Waals surface area contributed by atoms with Crippen molar-refractivity contribution in [3.8, 4) is 11.3 Å². The van der Waals surface area contributed by atoms with Crippen LogP contribution in [0, 0.1) is 6.92 Å². The van der Waals surface area contributed by atoms with Gasteiger partial charge in [0.1, 0.15) is 0 Å². The molecule has 7 heteroatoms. The summed E-state index contributed by atoms with van der Waals surface area (Å²) in [5.41, 5.74) is 4.33. The van der Waals surface area contributed by atoms with E-state index in [4.69, 9.17) is 4.98 Å². The third-order valence-electron chi connectivity index (χ3n) is 5.57. The van der Waals surface area contributed by atoms with Gasteiger partial charge in [-0.05, 0) is 43.3 Å². The molecule has 4 heterocycles. The highest BCUT2D eigenvalue weighted by atomic mass is 16.2. The minimum Gasteiger partial charge on any atom is -0.337 e. The molecule has 0 unspecified atom stereocenters. The van der Waals surface area contributed by atoms with Crippen LogP contribution in [0.1, 0.15) is 15.9 Å². The molecule has 7 nitrogen and oxygen atoms in total. The molecule has 1 fully saturated rings. The third kappa shape index (κ3) is 3.82.